The molecule has 1 radical (unpaired) electrons. The van der Waals surface area contributed by atoms with Crippen LogP contribution in [0.15, 0.2) is 18.2 Å². The van der Waals surface area contributed by atoms with E-state index < -0.39 is 24.0 Å². The van der Waals surface area contributed by atoms with Crippen molar-refractivity contribution in [1.29, 1.82) is 0 Å². The molecule has 1 aromatic rings. The van der Waals surface area contributed by atoms with Crippen molar-refractivity contribution < 1.29 is 28.6 Å². The number of carbonyl (C=O) groups excluding carboxylic acids is 3. The number of rotatable bonds is 6. The maximum atomic E-state index is 11.9. The van der Waals surface area contributed by atoms with Gasteiger partial charge in [0.15, 0.2) is 5.78 Å². The molecule has 0 unspecified atom stereocenters. The van der Waals surface area contributed by atoms with Crippen LogP contribution in [-0.4, -0.2) is 68.4 Å². The molecule has 0 heterocycles. The summed E-state index contributed by atoms with van der Waals surface area (Å²) >= 11 is 0. The normalized spacial score (nSPS) is 9.15. The van der Waals surface area contributed by atoms with Crippen LogP contribution < -0.4 is 9.47 Å². The molecular formula is C13H14NaO6. The minimum absolute atomic E-state index is 0. The Morgan fingerprint density at radius 3 is 2.20 bits per heavy atom. The number of methoxy groups -OCH3 is 3. The molecule has 0 saturated carbocycles. The molecule has 6 nitrogen and oxygen atoms in total. The molecule has 0 atom stereocenters. The van der Waals surface area contributed by atoms with E-state index in [1.165, 1.54) is 26.4 Å². The predicted molar refractivity (Wildman–Crippen MR) is 71.3 cm³/mol. The number of carbonyl (C=O) groups is 3. The van der Waals surface area contributed by atoms with Gasteiger partial charge in [0.1, 0.15) is 11.5 Å². The largest absolute Gasteiger partial charge is 0.497 e. The zero-order chi connectivity index (χ0) is 14.4. The van der Waals surface area contributed by atoms with E-state index in [0.717, 1.165) is 7.11 Å². The number of hydrogen-bond donors (Lipinski definition) is 0. The Hall–Kier alpha value is -1.37. The van der Waals surface area contributed by atoms with E-state index in [1.54, 1.807) is 6.07 Å². The summed E-state index contributed by atoms with van der Waals surface area (Å²) in [6.45, 7) is 0. The molecule has 0 spiro atoms. The van der Waals surface area contributed by atoms with Crippen molar-refractivity contribution in [3.8, 4) is 11.5 Å². The molecule has 1 rings (SSSR count). The van der Waals surface area contributed by atoms with Crippen LogP contribution >= 0.6 is 0 Å². The third-order valence-corrected chi connectivity index (χ3v) is 2.44. The molecule has 0 fully saturated rings. The SMILES string of the molecule is COC(=O)C(=O)CC(=O)c1ccc(OC)cc1OC.[Na]. The van der Waals surface area contributed by atoms with Crippen LogP contribution in [-0.2, 0) is 14.3 Å². The molecule has 20 heavy (non-hydrogen) atoms. The second-order valence-electron chi connectivity index (χ2n) is 3.58. The minimum Gasteiger partial charge on any atom is -0.497 e. The smallest absolute Gasteiger partial charge is 0.374 e. The van der Waals surface area contributed by atoms with Crippen LogP contribution in [0.3, 0.4) is 0 Å². The quantitative estimate of drug-likeness (QED) is 0.251. The summed E-state index contributed by atoms with van der Waals surface area (Å²) in [6, 6.07) is 4.57. The van der Waals surface area contributed by atoms with E-state index in [-0.39, 0.29) is 40.9 Å². The Morgan fingerprint density at radius 2 is 1.70 bits per heavy atom. The van der Waals surface area contributed by atoms with Crippen molar-refractivity contribution >= 4 is 47.1 Å². The first-order valence-corrected chi connectivity index (χ1v) is 5.39. The fourth-order valence-electron chi connectivity index (χ4n) is 1.46. The number of ketones is 2. The summed E-state index contributed by atoms with van der Waals surface area (Å²) < 4.78 is 14.3. The van der Waals surface area contributed by atoms with Gasteiger partial charge in [-0.2, -0.15) is 0 Å². The summed E-state index contributed by atoms with van der Waals surface area (Å²) in [4.78, 5) is 34.2. The van der Waals surface area contributed by atoms with Crippen LogP contribution in [0, 0.1) is 0 Å². The summed E-state index contributed by atoms with van der Waals surface area (Å²) in [7, 11) is 3.96. The van der Waals surface area contributed by atoms with Crippen LogP contribution in [0.25, 0.3) is 0 Å². The molecule has 103 valence electrons. The second-order valence-corrected chi connectivity index (χ2v) is 3.58. The van der Waals surface area contributed by atoms with Crippen LogP contribution in [0.2, 0.25) is 0 Å². The van der Waals surface area contributed by atoms with Gasteiger partial charge in [0, 0.05) is 35.6 Å². The number of benzene rings is 1. The molecule has 0 aliphatic rings. The molecule has 0 saturated heterocycles. The van der Waals surface area contributed by atoms with Crippen molar-refractivity contribution in [2.75, 3.05) is 21.3 Å². The first-order valence-electron chi connectivity index (χ1n) is 5.39. The zero-order valence-electron chi connectivity index (χ0n) is 11.9. The Bertz CT molecular complexity index is 512. The molecule has 1 aromatic carbocycles. The molecule has 0 aliphatic heterocycles. The van der Waals surface area contributed by atoms with Gasteiger partial charge in [-0.1, -0.05) is 0 Å². The number of hydrogen-bond acceptors (Lipinski definition) is 6. The summed E-state index contributed by atoms with van der Waals surface area (Å²) in [5.41, 5.74) is 0.209. The number of esters is 1. The van der Waals surface area contributed by atoms with Crippen molar-refractivity contribution in [1.82, 2.24) is 0 Å². The Morgan fingerprint density at radius 1 is 1.05 bits per heavy atom. The van der Waals surface area contributed by atoms with E-state index in [2.05, 4.69) is 4.74 Å². The first kappa shape index (κ1) is 18.6. The average Bonchev–Trinajstić information content (AvgIpc) is 2.45. The zero-order valence-corrected chi connectivity index (χ0v) is 13.9. The second kappa shape index (κ2) is 8.73. The topological polar surface area (TPSA) is 78.9 Å². The molecule has 7 heteroatoms. The fraction of sp³-hybridized carbons (Fsp3) is 0.308. The molecule has 0 N–H and O–H groups in total. The van der Waals surface area contributed by atoms with Crippen LogP contribution in [0.1, 0.15) is 16.8 Å². The maximum Gasteiger partial charge on any atom is 0.374 e. The monoisotopic (exact) mass is 289 g/mol. The summed E-state index contributed by atoms with van der Waals surface area (Å²) in [5, 5.41) is 0. The Labute approximate surface area is 138 Å². The van der Waals surface area contributed by atoms with E-state index in [4.69, 9.17) is 9.47 Å². The van der Waals surface area contributed by atoms with Crippen molar-refractivity contribution in [2.45, 2.75) is 6.42 Å². The van der Waals surface area contributed by atoms with Gasteiger partial charge in [0.2, 0.25) is 5.78 Å². The summed E-state index contributed by atoms with van der Waals surface area (Å²) in [5.74, 6) is -1.66. The van der Waals surface area contributed by atoms with Crippen molar-refractivity contribution in [2.24, 2.45) is 0 Å². The summed E-state index contributed by atoms with van der Waals surface area (Å²) in [6.07, 6.45) is -0.560. The van der Waals surface area contributed by atoms with Crippen LogP contribution in [0.4, 0.5) is 0 Å². The third kappa shape index (κ3) is 4.63. The van der Waals surface area contributed by atoms with Gasteiger partial charge in [-0.15, -0.1) is 0 Å². The Balaban J connectivity index is 0.00000361. The predicted octanol–water partition coefficient (Wildman–Crippen LogP) is 0.638. The number of ether oxygens (including phenoxy) is 3. The van der Waals surface area contributed by atoms with E-state index >= 15 is 0 Å². The van der Waals surface area contributed by atoms with Gasteiger partial charge in [-0.25, -0.2) is 4.79 Å². The molecular weight excluding hydrogens is 275 g/mol. The van der Waals surface area contributed by atoms with Crippen molar-refractivity contribution in [3.63, 3.8) is 0 Å². The standard InChI is InChI=1S/C13H14O6.Na/c1-17-8-4-5-9(12(6-8)18-2)10(14)7-11(15)13(16)19-3;/h4-6H,7H2,1-3H3;. The number of Topliss-reactive ketones (excluding diaryl/α,β-unsaturated/α-hetero) is 2. The van der Waals surface area contributed by atoms with Gasteiger partial charge in [-0.3, -0.25) is 9.59 Å². The fourth-order valence-corrected chi connectivity index (χ4v) is 1.46. The van der Waals surface area contributed by atoms with E-state index in [0.29, 0.717) is 5.75 Å². The maximum absolute atomic E-state index is 11.9. The van der Waals surface area contributed by atoms with E-state index in [9.17, 15) is 14.4 Å². The van der Waals surface area contributed by atoms with E-state index in [1.807, 2.05) is 0 Å². The van der Waals surface area contributed by atoms with Crippen LogP contribution in [0.5, 0.6) is 11.5 Å². The van der Waals surface area contributed by atoms with Gasteiger partial charge in [-0.05, 0) is 12.1 Å². The third-order valence-electron chi connectivity index (χ3n) is 2.44. The van der Waals surface area contributed by atoms with Gasteiger partial charge >= 0.3 is 5.97 Å². The minimum atomic E-state index is -1.04. The molecule has 0 bridgehead atoms. The van der Waals surface area contributed by atoms with Crippen molar-refractivity contribution in [3.05, 3.63) is 23.8 Å². The molecule has 0 amide bonds. The van der Waals surface area contributed by atoms with Gasteiger partial charge < -0.3 is 14.2 Å². The molecule has 0 aliphatic carbocycles. The molecule has 0 aromatic heterocycles. The first-order chi connectivity index (χ1) is 9.03. The van der Waals surface area contributed by atoms with Gasteiger partial charge in [0.05, 0.1) is 33.3 Å². The Kier molecular flexibility index (Phi) is 8.13. The average molecular weight is 289 g/mol. The van der Waals surface area contributed by atoms with Gasteiger partial charge in [0.25, 0.3) is 0 Å².